The fourth-order valence-electron chi connectivity index (χ4n) is 1.19. The number of aryl methyl sites for hydroxylation is 1. The minimum Gasteiger partial charge on any atom is -0.478 e. The van der Waals surface area contributed by atoms with Crippen LogP contribution >= 0.6 is 11.8 Å². The van der Waals surface area contributed by atoms with Crippen LogP contribution in [0.1, 0.15) is 21.7 Å². The number of nitrogens with zero attached hydrogens (tertiary/aromatic N) is 3. The van der Waals surface area contributed by atoms with Crippen molar-refractivity contribution in [2.24, 2.45) is 0 Å². The number of carboxylic acid groups (broad SMARTS) is 1. The van der Waals surface area contributed by atoms with E-state index in [0.29, 0.717) is 22.2 Å². The van der Waals surface area contributed by atoms with Gasteiger partial charge in [-0.1, -0.05) is 22.1 Å². The first-order valence-electron chi connectivity index (χ1n) is 4.77. The van der Waals surface area contributed by atoms with Gasteiger partial charge in [0.2, 0.25) is 0 Å². The average Bonchev–Trinajstić information content (AvgIpc) is 2.72. The predicted molar refractivity (Wildman–Crippen MR) is 59.8 cm³/mol. The Bertz CT molecular complexity index is 541. The maximum absolute atomic E-state index is 11.0. The Hall–Kier alpha value is -1.89. The van der Waals surface area contributed by atoms with Crippen LogP contribution < -0.4 is 0 Å². The van der Waals surface area contributed by atoms with E-state index in [1.165, 1.54) is 17.8 Å². The van der Waals surface area contributed by atoms with Gasteiger partial charge in [0.05, 0.1) is 5.56 Å². The van der Waals surface area contributed by atoms with E-state index in [4.69, 9.17) is 5.11 Å². The van der Waals surface area contributed by atoms with Gasteiger partial charge in [-0.05, 0) is 19.1 Å². The molecule has 6 nitrogen and oxygen atoms in total. The topological polar surface area (TPSA) is 89.1 Å². The van der Waals surface area contributed by atoms with E-state index in [1.54, 1.807) is 19.2 Å². The van der Waals surface area contributed by atoms with Gasteiger partial charge in [0.15, 0.2) is 0 Å². The molecule has 0 amide bonds. The minimum absolute atomic E-state index is 0.187. The highest BCUT2D eigenvalue weighted by molar-refractivity contribution is 7.98. The van der Waals surface area contributed by atoms with Gasteiger partial charge in [0.25, 0.3) is 0 Å². The Morgan fingerprint density at radius 2 is 2.35 bits per heavy atom. The number of carbonyl (C=O) groups is 1. The highest BCUT2D eigenvalue weighted by Crippen LogP contribution is 2.24. The first-order valence-corrected chi connectivity index (χ1v) is 5.76. The first-order chi connectivity index (χ1) is 8.18. The van der Waals surface area contributed by atoms with Gasteiger partial charge in [-0.3, -0.25) is 0 Å². The molecular weight excluding hydrogens is 242 g/mol. The summed E-state index contributed by atoms with van der Waals surface area (Å²) >= 11 is 1.29. The van der Waals surface area contributed by atoms with Crippen molar-refractivity contribution in [1.29, 1.82) is 0 Å². The van der Waals surface area contributed by atoms with E-state index < -0.39 is 5.97 Å². The van der Waals surface area contributed by atoms with Gasteiger partial charge in [-0.2, -0.15) is 0 Å². The molecule has 7 heteroatoms. The lowest BCUT2D eigenvalue weighted by Crippen LogP contribution is -2.00. The third-order valence-electron chi connectivity index (χ3n) is 2.09. The number of hydrogen-bond donors (Lipinski definition) is 1. The monoisotopic (exact) mass is 251 g/mol. The second kappa shape index (κ2) is 4.96. The molecule has 17 heavy (non-hydrogen) atoms. The zero-order valence-electron chi connectivity index (χ0n) is 8.95. The minimum atomic E-state index is -0.990. The van der Waals surface area contributed by atoms with Gasteiger partial charge in [-0.15, -0.1) is 0 Å². The molecule has 0 bridgehead atoms. The van der Waals surface area contributed by atoms with Crippen molar-refractivity contribution in [3.8, 4) is 0 Å². The maximum Gasteiger partial charge on any atom is 0.338 e. The molecule has 2 heterocycles. The molecule has 0 aliphatic heterocycles. The van der Waals surface area contributed by atoms with Crippen LogP contribution in [0, 0.1) is 6.92 Å². The van der Waals surface area contributed by atoms with Crippen LogP contribution in [0.4, 0.5) is 0 Å². The second-order valence-electron chi connectivity index (χ2n) is 3.25. The quantitative estimate of drug-likeness (QED) is 0.828. The summed E-state index contributed by atoms with van der Waals surface area (Å²) in [5, 5.41) is 16.8. The van der Waals surface area contributed by atoms with E-state index in [-0.39, 0.29) is 5.56 Å². The zero-order valence-corrected chi connectivity index (χ0v) is 9.77. The molecule has 0 unspecified atom stereocenters. The smallest absolute Gasteiger partial charge is 0.338 e. The van der Waals surface area contributed by atoms with Gasteiger partial charge >= 0.3 is 5.97 Å². The summed E-state index contributed by atoms with van der Waals surface area (Å²) < 4.78 is 4.56. The van der Waals surface area contributed by atoms with Crippen LogP contribution in [-0.2, 0) is 5.75 Å². The molecular formula is C10H9N3O3S. The number of aromatic carboxylic acids is 1. The SMILES string of the molecule is Cc1nonc1CSc1ncccc1C(=O)O. The molecule has 0 aliphatic rings. The maximum atomic E-state index is 11.0. The zero-order chi connectivity index (χ0) is 12.3. The molecule has 0 spiro atoms. The number of hydrogen-bond acceptors (Lipinski definition) is 6. The second-order valence-corrected chi connectivity index (χ2v) is 4.21. The molecule has 0 aliphatic carbocycles. The van der Waals surface area contributed by atoms with Crippen molar-refractivity contribution >= 4 is 17.7 Å². The third-order valence-corrected chi connectivity index (χ3v) is 3.11. The van der Waals surface area contributed by atoms with E-state index in [0.717, 1.165) is 0 Å². The highest BCUT2D eigenvalue weighted by atomic mass is 32.2. The Morgan fingerprint density at radius 3 is 3.00 bits per heavy atom. The van der Waals surface area contributed by atoms with Crippen molar-refractivity contribution in [3.05, 3.63) is 35.3 Å². The van der Waals surface area contributed by atoms with Crippen molar-refractivity contribution in [2.45, 2.75) is 17.7 Å². The van der Waals surface area contributed by atoms with Crippen molar-refractivity contribution in [3.63, 3.8) is 0 Å². The predicted octanol–water partition coefficient (Wildman–Crippen LogP) is 1.76. The normalized spacial score (nSPS) is 10.4. The Kier molecular flexibility index (Phi) is 3.38. The summed E-state index contributed by atoms with van der Waals surface area (Å²) in [6, 6.07) is 3.11. The Labute approximate surface area is 101 Å². The largest absolute Gasteiger partial charge is 0.478 e. The van der Waals surface area contributed by atoms with Crippen molar-refractivity contribution in [2.75, 3.05) is 0 Å². The first kappa shape index (κ1) is 11.6. The van der Waals surface area contributed by atoms with E-state index in [2.05, 4.69) is 19.9 Å². The van der Waals surface area contributed by atoms with Crippen molar-refractivity contribution < 1.29 is 14.5 Å². The number of pyridine rings is 1. The summed E-state index contributed by atoms with van der Waals surface area (Å²) in [7, 11) is 0. The molecule has 2 aromatic rings. The number of aromatic nitrogens is 3. The molecule has 0 atom stereocenters. The van der Waals surface area contributed by atoms with Gasteiger partial charge in [-0.25, -0.2) is 14.4 Å². The number of thioether (sulfide) groups is 1. The van der Waals surface area contributed by atoms with Crippen LogP contribution in [0.5, 0.6) is 0 Å². The van der Waals surface area contributed by atoms with Crippen LogP contribution in [0.25, 0.3) is 0 Å². The molecule has 0 radical (unpaired) electrons. The summed E-state index contributed by atoms with van der Waals surface area (Å²) in [5.74, 6) is -0.511. The third kappa shape index (κ3) is 2.62. The molecule has 2 rings (SSSR count). The number of rotatable bonds is 4. The highest BCUT2D eigenvalue weighted by Gasteiger charge is 2.13. The summed E-state index contributed by atoms with van der Waals surface area (Å²) in [6.45, 7) is 1.78. The molecule has 0 aromatic carbocycles. The molecule has 0 fully saturated rings. The van der Waals surface area contributed by atoms with Crippen LogP contribution in [0.15, 0.2) is 28.0 Å². The molecule has 0 saturated carbocycles. The Morgan fingerprint density at radius 1 is 1.53 bits per heavy atom. The fourth-order valence-corrected chi connectivity index (χ4v) is 2.17. The van der Waals surface area contributed by atoms with Gasteiger partial charge < -0.3 is 5.11 Å². The van der Waals surface area contributed by atoms with Gasteiger partial charge in [0.1, 0.15) is 16.4 Å². The summed E-state index contributed by atoms with van der Waals surface area (Å²) in [5.41, 5.74) is 1.58. The molecule has 1 N–H and O–H groups in total. The van der Waals surface area contributed by atoms with E-state index in [9.17, 15) is 4.79 Å². The molecule has 88 valence electrons. The summed E-state index contributed by atoms with van der Waals surface area (Å²) in [6.07, 6.45) is 1.56. The van der Waals surface area contributed by atoms with E-state index >= 15 is 0 Å². The number of carboxylic acids is 1. The van der Waals surface area contributed by atoms with Crippen molar-refractivity contribution in [1.82, 2.24) is 15.3 Å². The van der Waals surface area contributed by atoms with Gasteiger partial charge in [0, 0.05) is 11.9 Å². The Balaban J connectivity index is 2.14. The lowest BCUT2D eigenvalue weighted by atomic mass is 10.3. The van der Waals surface area contributed by atoms with Crippen LogP contribution in [0.2, 0.25) is 0 Å². The lowest BCUT2D eigenvalue weighted by Gasteiger charge is -2.02. The molecule has 0 saturated heterocycles. The lowest BCUT2D eigenvalue weighted by molar-refractivity contribution is 0.0692. The standard InChI is InChI=1S/C10H9N3O3S/c1-6-8(13-16-12-6)5-17-9-7(10(14)15)3-2-4-11-9/h2-4H,5H2,1H3,(H,14,15). The fraction of sp³-hybridized carbons (Fsp3) is 0.200. The molecule has 2 aromatic heterocycles. The van der Waals surface area contributed by atoms with Crippen LogP contribution in [0.3, 0.4) is 0 Å². The van der Waals surface area contributed by atoms with E-state index in [1.807, 2.05) is 0 Å². The average molecular weight is 251 g/mol. The van der Waals surface area contributed by atoms with Crippen LogP contribution in [-0.4, -0.2) is 26.4 Å². The summed E-state index contributed by atoms with van der Waals surface area (Å²) in [4.78, 5) is 15.0.